The predicted molar refractivity (Wildman–Crippen MR) is 166 cm³/mol. The van der Waals surface area contributed by atoms with E-state index in [4.69, 9.17) is 9.47 Å². The highest BCUT2D eigenvalue weighted by molar-refractivity contribution is 7.09. The van der Waals surface area contributed by atoms with Gasteiger partial charge in [-0.15, -0.1) is 11.3 Å². The second-order valence-corrected chi connectivity index (χ2v) is 11.1. The molecule has 0 saturated heterocycles. The Morgan fingerprint density at radius 1 is 0.881 bits per heavy atom. The number of hydrogen-bond donors (Lipinski definition) is 1. The number of rotatable bonds is 16. The van der Waals surface area contributed by atoms with Gasteiger partial charge in [0.15, 0.2) is 6.61 Å². The Kier molecular flexibility index (Phi) is 11.5. The lowest BCUT2D eigenvalue weighted by molar-refractivity contribution is -0.145. The number of thiazole rings is 1. The molecule has 4 aromatic rings. The topological polar surface area (TPSA) is 89.0 Å². The minimum absolute atomic E-state index is 0.0936. The molecule has 8 heteroatoms. The molecule has 3 aromatic carbocycles. The zero-order chi connectivity index (χ0) is 29.7. The summed E-state index contributed by atoms with van der Waals surface area (Å²) >= 11 is 1.39. The Morgan fingerprint density at radius 3 is 2.19 bits per heavy atom. The average molecular weight is 587 g/mol. The summed E-state index contributed by atoms with van der Waals surface area (Å²) in [6.07, 6.45) is 4.80. The van der Waals surface area contributed by atoms with E-state index in [1.165, 1.54) is 47.5 Å². The lowest BCUT2D eigenvalue weighted by Gasteiger charge is -2.19. The molecular weight excluding hydrogens is 548 g/mol. The molecule has 0 aliphatic carbocycles. The summed E-state index contributed by atoms with van der Waals surface area (Å²) in [5.74, 6) is 0.507. The maximum absolute atomic E-state index is 12.7. The number of nitrogens with zero attached hydrogens (tertiary/aromatic N) is 2. The zero-order valence-electron chi connectivity index (χ0n) is 24.2. The van der Waals surface area contributed by atoms with E-state index in [1.807, 2.05) is 35.7 Å². The molecule has 1 amide bonds. The average Bonchev–Trinajstić information content (AvgIpc) is 3.48. The first-order valence-corrected chi connectivity index (χ1v) is 15.3. The molecule has 0 atom stereocenters. The van der Waals surface area contributed by atoms with Gasteiger partial charge in [0.05, 0.1) is 12.2 Å². The highest BCUT2D eigenvalue weighted by Gasteiger charge is 2.20. The Morgan fingerprint density at radius 2 is 1.55 bits per heavy atom. The molecule has 0 unspecified atom stereocenters. The molecule has 1 N–H and O–H groups in total. The largest absolute Gasteiger partial charge is 0.489 e. The van der Waals surface area contributed by atoms with Crippen molar-refractivity contribution in [1.82, 2.24) is 9.88 Å². The van der Waals surface area contributed by atoms with Gasteiger partial charge in [-0.1, -0.05) is 81.3 Å². The lowest BCUT2D eigenvalue weighted by atomic mass is 9.90. The first kappa shape index (κ1) is 30.8. The number of para-hydroxylation sites is 1. The quantitative estimate of drug-likeness (QED) is 0.146. The normalized spacial score (nSPS) is 10.9. The summed E-state index contributed by atoms with van der Waals surface area (Å²) in [4.78, 5) is 30.0. The van der Waals surface area contributed by atoms with Crippen LogP contribution in [0.3, 0.4) is 0 Å². The maximum atomic E-state index is 12.7. The summed E-state index contributed by atoms with van der Waals surface area (Å²) in [5.41, 5.74) is 4.14. The van der Waals surface area contributed by atoms with Gasteiger partial charge in [-0.25, -0.2) is 4.98 Å². The number of aromatic nitrogens is 1. The second-order valence-electron chi connectivity index (χ2n) is 10.2. The molecule has 42 heavy (non-hydrogen) atoms. The van der Waals surface area contributed by atoms with Gasteiger partial charge in [-0.2, -0.15) is 0 Å². The molecular formula is C34H38N2O5S. The second kappa shape index (κ2) is 15.7. The maximum Gasteiger partial charge on any atom is 0.323 e. The van der Waals surface area contributed by atoms with Crippen LogP contribution in [0.15, 0.2) is 84.2 Å². The van der Waals surface area contributed by atoms with Crippen LogP contribution in [0.4, 0.5) is 0 Å². The van der Waals surface area contributed by atoms with Crippen molar-refractivity contribution in [3.05, 3.63) is 100 Å². The third kappa shape index (κ3) is 9.17. The van der Waals surface area contributed by atoms with Crippen molar-refractivity contribution in [2.75, 3.05) is 13.2 Å². The van der Waals surface area contributed by atoms with Gasteiger partial charge < -0.3 is 19.5 Å². The van der Waals surface area contributed by atoms with Gasteiger partial charge in [0.2, 0.25) is 0 Å². The Labute approximate surface area is 251 Å². The van der Waals surface area contributed by atoms with E-state index >= 15 is 0 Å². The Bertz CT molecular complexity index is 1400. The van der Waals surface area contributed by atoms with Crippen molar-refractivity contribution in [2.24, 2.45) is 0 Å². The number of ether oxygens (including phenoxy) is 2. The lowest BCUT2D eigenvalue weighted by Crippen LogP contribution is -2.38. The molecule has 4 rings (SSSR count). The van der Waals surface area contributed by atoms with E-state index in [-0.39, 0.29) is 13.2 Å². The van der Waals surface area contributed by atoms with Crippen molar-refractivity contribution in [1.29, 1.82) is 0 Å². The number of carboxylic acids is 1. The minimum atomic E-state index is -1.09. The van der Waals surface area contributed by atoms with Crippen molar-refractivity contribution in [3.63, 3.8) is 0 Å². The van der Waals surface area contributed by atoms with Crippen molar-refractivity contribution >= 4 is 23.2 Å². The molecule has 0 bridgehead atoms. The molecule has 0 spiro atoms. The third-order valence-corrected chi connectivity index (χ3v) is 7.78. The first-order valence-electron chi connectivity index (χ1n) is 14.4. The van der Waals surface area contributed by atoms with Crippen LogP contribution >= 0.6 is 11.3 Å². The van der Waals surface area contributed by atoms with E-state index < -0.39 is 18.4 Å². The van der Waals surface area contributed by atoms with E-state index in [9.17, 15) is 14.7 Å². The fraction of sp³-hybridized carbons (Fsp3) is 0.324. The third-order valence-electron chi connectivity index (χ3n) is 6.94. The van der Waals surface area contributed by atoms with Gasteiger partial charge in [-0.05, 0) is 54.2 Å². The van der Waals surface area contributed by atoms with Crippen molar-refractivity contribution in [2.45, 2.75) is 58.6 Å². The van der Waals surface area contributed by atoms with Crippen LogP contribution in [0.2, 0.25) is 0 Å². The molecule has 1 aromatic heterocycles. The highest BCUT2D eigenvalue weighted by atomic mass is 32.1. The van der Waals surface area contributed by atoms with Gasteiger partial charge in [0.25, 0.3) is 5.91 Å². The van der Waals surface area contributed by atoms with Gasteiger partial charge >= 0.3 is 5.97 Å². The van der Waals surface area contributed by atoms with Gasteiger partial charge in [0, 0.05) is 10.9 Å². The molecule has 7 nitrogen and oxygen atoms in total. The van der Waals surface area contributed by atoms with Crippen LogP contribution in [0.25, 0.3) is 11.3 Å². The number of aliphatic carboxylic acids is 1. The summed E-state index contributed by atoms with van der Waals surface area (Å²) in [7, 11) is 0. The van der Waals surface area contributed by atoms with Crippen LogP contribution in [0.5, 0.6) is 11.5 Å². The zero-order valence-corrected chi connectivity index (χ0v) is 25.0. The number of carbonyl (C=O) groups excluding carboxylic acids is 1. The van der Waals surface area contributed by atoms with E-state index in [0.717, 1.165) is 22.6 Å². The summed E-state index contributed by atoms with van der Waals surface area (Å²) in [6, 6.07) is 25.5. The fourth-order valence-electron chi connectivity index (χ4n) is 4.78. The first-order chi connectivity index (χ1) is 20.4. The molecule has 0 aliphatic rings. The molecule has 1 heterocycles. The van der Waals surface area contributed by atoms with E-state index in [1.54, 1.807) is 24.3 Å². The number of amides is 1. The van der Waals surface area contributed by atoms with Gasteiger partial charge in [-0.3, -0.25) is 9.59 Å². The van der Waals surface area contributed by atoms with Crippen molar-refractivity contribution < 1.29 is 24.2 Å². The van der Waals surface area contributed by atoms with Crippen LogP contribution in [0.1, 0.15) is 61.6 Å². The minimum Gasteiger partial charge on any atom is -0.489 e. The Balaban J connectivity index is 1.32. The summed E-state index contributed by atoms with van der Waals surface area (Å²) in [5, 5.41) is 11.9. The summed E-state index contributed by atoms with van der Waals surface area (Å²) < 4.78 is 11.6. The summed E-state index contributed by atoms with van der Waals surface area (Å²) in [6.45, 7) is 4.36. The monoisotopic (exact) mass is 586 g/mol. The van der Waals surface area contributed by atoms with E-state index in [2.05, 4.69) is 43.1 Å². The molecule has 0 radical (unpaired) electrons. The van der Waals surface area contributed by atoms with Crippen molar-refractivity contribution in [3.8, 4) is 22.8 Å². The number of benzene rings is 3. The predicted octanol–water partition coefficient (Wildman–Crippen LogP) is 7.57. The van der Waals surface area contributed by atoms with Crippen LogP contribution in [-0.4, -0.2) is 40.0 Å². The van der Waals surface area contributed by atoms with Crippen LogP contribution in [-0.2, 0) is 22.7 Å². The highest BCUT2D eigenvalue weighted by Crippen LogP contribution is 2.28. The Hall–Kier alpha value is -4.17. The standard InChI is InChI=1S/C34H38N2O5S/c1-3-8-26(9-4-2)27-16-18-30(19-17-27)40-22-25-12-14-28(15-13-25)31-24-42-32(35-31)20-36(21-34(38)39)33(37)23-41-29-10-6-5-7-11-29/h5-7,10-19,24,26H,3-4,8-9,20-23H2,1-2H3,(H,38,39). The molecule has 0 saturated carbocycles. The van der Waals surface area contributed by atoms with E-state index in [0.29, 0.717) is 23.3 Å². The van der Waals surface area contributed by atoms with Crippen LogP contribution < -0.4 is 9.47 Å². The molecule has 0 fully saturated rings. The SMILES string of the molecule is CCCC(CCC)c1ccc(OCc2ccc(-c3csc(CN(CC(=O)O)C(=O)COc4ccccc4)n3)cc2)cc1. The fourth-order valence-corrected chi connectivity index (χ4v) is 5.60. The number of carboxylic acid groups (broad SMARTS) is 1. The molecule has 220 valence electrons. The molecule has 0 aliphatic heterocycles. The number of hydrogen-bond acceptors (Lipinski definition) is 6. The number of carbonyl (C=O) groups is 2. The van der Waals surface area contributed by atoms with Gasteiger partial charge in [0.1, 0.15) is 29.7 Å². The smallest absolute Gasteiger partial charge is 0.323 e. The van der Waals surface area contributed by atoms with Crippen LogP contribution in [0, 0.1) is 0 Å².